The Balaban J connectivity index is 1.50. The molecule has 3 N–H and O–H groups in total. The van der Waals surface area contributed by atoms with Crippen molar-refractivity contribution in [2.24, 2.45) is 11.3 Å². The zero-order valence-corrected chi connectivity index (χ0v) is 16.2. The van der Waals surface area contributed by atoms with E-state index in [4.69, 9.17) is 0 Å². The predicted molar refractivity (Wildman–Crippen MR) is 103 cm³/mol. The zero-order valence-electron chi connectivity index (χ0n) is 16.2. The van der Waals surface area contributed by atoms with E-state index in [9.17, 15) is 24.7 Å². The first kappa shape index (κ1) is 19.5. The summed E-state index contributed by atoms with van der Waals surface area (Å²) in [6.07, 6.45) is 0.891. The summed E-state index contributed by atoms with van der Waals surface area (Å²) in [6.45, 7) is 2.44. The van der Waals surface area contributed by atoms with Crippen molar-refractivity contribution in [3.8, 4) is 0 Å². The highest BCUT2D eigenvalue weighted by Gasteiger charge is 2.57. The second kappa shape index (κ2) is 7.55. The van der Waals surface area contributed by atoms with E-state index in [0.717, 1.165) is 23.4 Å². The van der Waals surface area contributed by atoms with Crippen LogP contribution in [0.3, 0.4) is 0 Å². The SMILES string of the molecule is O=C(NO)C1CC2(CC2)CN(C(=O)O)C1C(=O)N1CCN(c2ccccc2)CC1. The molecule has 3 amide bonds. The third-order valence-electron chi connectivity index (χ3n) is 6.49. The van der Waals surface area contributed by atoms with Gasteiger partial charge < -0.3 is 14.9 Å². The molecule has 2 heterocycles. The average molecular weight is 402 g/mol. The summed E-state index contributed by atoms with van der Waals surface area (Å²) in [6, 6.07) is 8.81. The largest absolute Gasteiger partial charge is 0.465 e. The van der Waals surface area contributed by atoms with E-state index in [-0.39, 0.29) is 17.9 Å². The number of para-hydroxylation sites is 1. The maximum Gasteiger partial charge on any atom is 0.408 e. The van der Waals surface area contributed by atoms with Crippen LogP contribution in [-0.2, 0) is 9.59 Å². The molecular formula is C20H26N4O5. The Labute approximate surface area is 168 Å². The number of piperidine rings is 1. The number of nitrogens with one attached hydrogen (secondary N) is 1. The van der Waals surface area contributed by atoms with Gasteiger partial charge in [0.15, 0.2) is 0 Å². The van der Waals surface area contributed by atoms with Gasteiger partial charge in [0.05, 0.1) is 5.92 Å². The minimum absolute atomic E-state index is 0.238. The normalized spacial score (nSPS) is 25.6. The molecule has 2 unspecified atom stereocenters. The molecule has 2 saturated heterocycles. The molecule has 156 valence electrons. The number of carbonyl (C=O) groups excluding carboxylic acids is 2. The first-order valence-corrected chi connectivity index (χ1v) is 9.96. The van der Waals surface area contributed by atoms with Gasteiger partial charge in [-0.25, -0.2) is 10.3 Å². The molecule has 0 radical (unpaired) electrons. The molecule has 1 saturated carbocycles. The van der Waals surface area contributed by atoms with Crippen LogP contribution in [0, 0.1) is 11.3 Å². The molecule has 3 fully saturated rings. The van der Waals surface area contributed by atoms with Crippen LogP contribution in [0.5, 0.6) is 0 Å². The summed E-state index contributed by atoms with van der Waals surface area (Å²) in [5, 5.41) is 18.9. The molecule has 1 aromatic rings. The first-order chi connectivity index (χ1) is 13.9. The van der Waals surface area contributed by atoms with Crippen LogP contribution in [0.4, 0.5) is 10.5 Å². The van der Waals surface area contributed by atoms with Gasteiger partial charge in [0.2, 0.25) is 11.8 Å². The summed E-state index contributed by atoms with van der Waals surface area (Å²) in [7, 11) is 0. The van der Waals surface area contributed by atoms with Crippen LogP contribution in [0.1, 0.15) is 19.3 Å². The van der Waals surface area contributed by atoms with Gasteiger partial charge in [-0.1, -0.05) is 18.2 Å². The van der Waals surface area contributed by atoms with Crippen molar-refractivity contribution in [3.05, 3.63) is 30.3 Å². The number of likely N-dealkylation sites (tertiary alicyclic amines) is 1. The van der Waals surface area contributed by atoms with Gasteiger partial charge in [-0.15, -0.1) is 0 Å². The van der Waals surface area contributed by atoms with Crippen LogP contribution in [0.15, 0.2) is 30.3 Å². The number of nitrogens with zero attached hydrogens (tertiary/aromatic N) is 3. The van der Waals surface area contributed by atoms with E-state index in [1.54, 1.807) is 10.4 Å². The number of hydrogen-bond donors (Lipinski definition) is 3. The monoisotopic (exact) mass is 402 g/mol. The fourth-order valence-electron chi connectivity index (χ4n) is 4.68. The number of piperazine rings is 1. The number of anilines is 1. The smallest absolute Gasteiger partial charge is 0.408 e. The number of amides is 3. The summed E-state index contributed by atoms with van der Waals surface area (Å²) in [4.78, 5) is 42.5. The van der Waals surface area contributed by atoms with Gasteiger partial charge >= 0.3 is 6.09 Å². The maximum atomic E-state index is 13.3. The fraction of sp³-hybridized carbons (Fsp3) is 0.550. The first-order valence-electron chi connectivity index (χ1n) is 9.96. The maximum absolute atomic E-state index is 13.3. The lowest BCUT2D eigenvalue weighted by molar-refractivity contribution is -0.150. The highest BCUT2D eigenvalue weighted by Crippen LogP contribution is 2.55. The van der Waals surface area contributed by atoms with Crippen molar-refractivity contribution in [2.45, 2.75) is 25.3 Å². The number of carbonyl (C=O) groups is 3. The molecule has 2 aliphatic heterocycles. The van der Waals surface area contributed by atoms with Crippen LogP contribution in [0.25, 0.3) is 0 Å². The van der Waals surface area contributed by atoms with Gasteiger partial charge in [-0.2, -0.15) is 0 Å². The van der Waals surface area contributed by atoms with Gasteiger partial charge in [-0.3, -0.25) is 19.7 Å². The Morgan fingerprint density at radius 1 is 1.03 bits per heavy atom. The molecule has 4 rings (SSSR count). The number of hydroxylamine groups is 1. The molecule has 2 atom stereocenters. The van der Waals surface area contributed by atoms with E-state index in [0.29, 0.717) is 32.6 Å². The van der Waals surface area contributed by atoms with Crippen molar-refractivity contribution < 1.29 is 24.7 Å². The van der Waals surface area contributed by atoms with Gasteiger partial charge in [0.1, 0.15) is 6.04 Å². The van der Waals surface area contributed by atoms with E-state index in [2.05, 4.69) is 4.90 Å². The molecule has 0 bridgehead atoms. The highest BCUT2D eigenvalue weighted by molar-refractivity contribution is 5.92. The van der Waals surface area contributed by atoms with E-state index >= 15 is 0 Å². The van der Waals surface area contributed by atoms with Crippen molar-refractivity contribution in [1.29, 1.82) is 0 Å². The Morgan fingerprint density at radius 2 is 1.69 bits per heavy atom. The molecule has 9 heteroatoms. The Morgan fingerprint density at radius 3 is 2.24 bits per heavy atom. The zero-order chi connectivity index (χ0) is 20.6. The van der Waals surface area contributed by atoms with Crippen LogP contribution in [-0.4, -0.2) is 76.8 Å². The molecular weight excluding hydrogens is 376 g/mol. The number of hydrogen-bond acceptors (Lipinski definition) is 5. The van der Waals surface area contributed by atoms with Crippen LogP contribution < -0.4 is 10.4 Å². The highest BCUT2D eigenvalue weighted by atomic mass is 16.5. The van der Waals surface area contributed by atoms with Crippen LogP contribution in [0.2, 0.25) is 0 Å². The quantitative estimate of drug-likeness (QED) is 0.513. The standard InChI is InChI=1S/C20H26N4O5/c25-17(21-29)15-12-20(6-7-20)13-24(19(27)28)16(15)18(26)23-10-8-22(9-11-23)14-4-2-1-3-5-14/h1-5,15-16,29H,6-13H2,(H,21,25)(H,27,28). The Bertz CT molecular complexity index is 789. The third-order valence-corrected chi connectivity index (χ3v) is 6.49. The van der Waals surface area contributed by atoms with E-state index in [1.165, 1.54) is 0 Å². The molecule has 1 aromatic carbocycles. The minimum Gasteiger partial charge on any atom is -0.465 e. The Hall–Kier alpha value is -2.81. The second-order valence-corrected chi connectivity index (χ2v) is 8.29. The number of carboxylic acid groups (broad SMARTS) is 1. The van der Waals surface area contributed by atoms with E-state index in [1.807, 2.05) is 30.3 Å². The second-order valence-electron chi connectivity index (χ2n) is 8.29. The van der Waals surface area contributed by atoms with E-state index < -0.39 is 24.0 Å². The lowest BCUT2D eigenvalue weighted by Crippen LogP contribution is -2.63. The fourth-order valence-corrected chi connectivity index (χ4v) is 4.68. The molecule has 9 nitrogen and oxygen atoms in total. The van der Waals surface area contributed by atoms with Crippen LogP contribution >= 0.6 is 0 Å². The lowest BCUT2D eigenvalue weighted by atomic mass is 9.80. The molecule has 3 aliphatic rings. The van der Waals surface area contributed by atoms with Crippen molar-refractivity contribution in [3.63, 3.8) is 0 Å². The topological polar surface area (TPSA) is 113 Å². The summed E-state index contributed by atoms with van der Waals surface area (Å²) >= 11 is 0. The van der Waals surface area contributed by atoms with Crippen molar-refractivity contribution in [1.82, 2.24) is 15.3 Å². The van der Waals surface area contributed by atoms with Crippen molar-refractivity contribution >= 4 is 23.6 Å². The lowest BCUT2D eigenvalue weighted by Gasteiger charge is -2.45. The van der Waals surface area contributed by atoms with Gasteiger partial charge in [0.25, 0.3) is 0 Å². The molecule has 1 aliphatic carbocycles. The third kappa shape index (κ3) is 3.74. The predicted octanol–water partition coefficient (Wildman–Crippen LogP) is 0.989. The summed E-state index contributed by atoms with van der Waals surface area (Å²) in [5.74, 6) is -1.93. The number of rotatable bonds is 3. The number of benzene rings is 1. The minimum atomic E-state index is -1.20. The Kier molecular flexibility index (Phi) is 5.08. The molecule has 1 spiro atoms. The summed E-state index contributed by atoms with van der Waals surface area (Å²) in [5.41, 5.74) is 2.48. The average Bonchev–Trinajstić information content (AvgIpc) is 3.51. The molecule has 0 aromatic heterocycles. The molecule has 29 heavy (non-hydrogen) atoms. The van der Waals surface area contributed by atoms with Gasteiger partial charge in [0, 0.05) is 38.4 Å². The summed E-state index contributed by atoms with van der Waals surface area (Å²) < 4.78 is 0. The van der Waals surface area contributed by atoms with Gasteiger partial charge in [-0.05, 0) is 36.8 Å². The van der Waals surface area contributed by atoms with Crippen molar-refractivity contribution in [2.75, 3.05) is 37.6 Å².